The van der Waals surface area contributed by atoms with Gasteiger partial charge in [-0.3, -0.25) is 4.31 Å². The summed E-state index contributed by atoms with van der Waals surface area (Å²) in [5, 5.41) is 0. The Labute approximate surface area is 115 Å². The van der Waals surface area contributed by atoms with Crippen LogP contribution in [0, 0.1) is 0 Å². The van der Waals surface area contributed by atoms with Gasteiger partial charge < -0.3 is 4.90 Å². The van der Waals surface area contributed by atoms with Gasteiger partial charge in [-0.1, -0.05) is 19.1 Å². The standard InChI is InChI=1S/C14H20N2O2S/c1-2-11-19(17,18)16-10-9-15(12-7-8-12)13-5-3-4-6-14(13)16/h3-6,12H,2,7-11H2,1H3. The summed E-state index contributed by atoms with van der Waals surface area (Å²) in [6, 6.07) is 8.50. The zero-order chi connectivity index (χ0) is 13.5. The summed E-state index contributed by atoms with van der Waals surface area (Å²) in [7, 11) is -3.17. The minimum absolute atomic E-state index is 0.227. The van der Waals surface area contributed by atoms with Gasteiger partial charge in [-0.15, -0.1) is 0 Å². The molecule has 3 rings (SSSR count). The minimum atomic E-state index is -3.17. The van der Waals surface area contributed by atoms with Crippen LogP contribution in [0.25, 0.3) is 0 Å². The zero-order valence-electron chi connectivity index (χ0n) is 11.2. The highest BCUT2D eigenvalue weighted by atomic mass is 32.2. The third kappa shape index (κ3) is 2.31. The van der Waals surface area contributed by atoms with E-state index in [0.717, 1.165) is 17.9 Å². The lowest BCUT2D eigenvalue weighted by atomic mass is 10.2. The Kier molecular flexibility index (Phi) is 3.17. The highest BCUT2D eigenvalue weighted by molar-refractivity contribution is 7.92. The molecule has 4 nitrogen and oxygen atoms in total. The quantitative estimate of drug-likeness (QED) is 0.849. The van der Waals surface area contributed by atoms with E-state index in [0.29, 0.717) is 19.0 Å². The van der Waals surface area contributed by atoms with Crippen LogP contribution in [0.5, 0.6) is 0 Å². The third-order valence-electron chi connectivity index (χ3n) is 3.79. The molecule has 0 radical (unpaired) electrons. The largest absolute Gasteiger partial charge is 0.365 e. The molecule has 0 saturated heterocycles. The van der Waals surface area contributed by atoms with Crippen LogP contribution in [0.2, 0.25) is 0 Å². The second-order valence-corrected chi connectivity index (χ2v) is 7.31. The molecule has 1 aromatic carbocycles. The first-order valence-electron chi connectivity index (χ1n) is 6.99. The highest BCUT2D eigenvalue weighted by Crippen LogP contribution is 2.40. The number of para-hydroxylation sites is 2. The van der Waals surface area contributed by atoms with Crippen LogP contribution in [-0.2, 0) is 10.0 Å². The number of nitrogens with zero attached hydrogens (tertiary/aromatic N) is 2. The van der Waals surface area contributed by atoms with Gasteiger partial charge >= 0.3 is 0 Å². The zero-order valence-corrected chi connectivity index (χ0v) is 12.1. The van der Waals surface area contributed by atoms with Crippen molar-refractivity contribution in [1.29, 1.82) is 0 Å². The first kappa shape index (κ1) is 12.8. The molecule has 2 aliphatic rings. The normalized spacial score (nSPS) is 19.4. The molecule has 0 atom stereocenters. The van der Waals surface area contributed by atoms with E-state index in [1.807, 2.05) is 31.2 Å². The van der Waals surface area contributed by atoms with Gasteiger partial charge in [0.15, 0.2) is 0 Å². The van der Waals surface area contributed by atoms with Gasteiger partial charge in [0, 0.05) is 12.6 Å². The maximum atomic E-state index is 12.3. The molecule has 1 aliphatic carbocycles. The van der Waals surface area contributed by atoms with Crippen LogP contribution < -0.4 is 9.21 Å². The van der Waals surface area contributed by atoms with Crippen molar-refractivity contribution >= 4 is 21.4 Å². The van der Waals surface area contributed by atoms with Gasteiger partial charge in [0.1, 0.15) is 0 Å². The number of benzene rings is 1. The highest BCUT2D eigenvalue weighted by Gasteiger charge is 2.36. The van der Waals surface area contributed by atoms with E-state index in [1.54, 1.807) is 4.31 Å². The Morgan fingerprint density at radius 3 is 2.47 bits per heavy atom. The van der Waals surface area contributed by atoms with E-state index in [4.69, 9.17) is 0 Å². The summed E-state index contributed by atoms with van der Waals surface area (Å²) in [4.78, 5) is 2.37. The average Bonchev–Trinajstić information content (AvgIpc) is 3.21. The number of rotatable bonds is 4. The molecule has 19 heavy (non-hydrogen) atoms. The molecule has 0 bridgehead atoms. The van der Waals surface area contributed by atoms with Crippen molar-refractivity contribution in [2.75, 3.05) is 28.0 Å². The number of fused-ring (bicyclic) bond motifs is 1. The Bertz CT molecular complexity index is 567. The maximum Gasteiger partial charge on any atom is 0.235 e. The lowest BCUT2D eigenvalue weighted by Gasteiger charge is -2.38. The molecule has 0 unspecified atom stereocenters. The lowest BCUT2D eigenvalue weighted by molar-refractivity contribution is 0.586. The van der Waals surface area contributed by atoms with Crippen LogP contribution >= 0.6 is 0 Å². The fourth-order valence-corrected chi connectivity index (χ4v) is 4.33. The average molecular weight is 280 g/mol. The molecule has 0 N–H and O–H groups in total. The van der Waals surface area contributed by atoms with Crippen molar-refractivity contribution in [2.24, 2.45) is 0 Å². The summed E-state index contributed by atoms with van der Waals surface area (Å²) < 4.78 is 26.3. The molecular weight excluding hydrogens is 260 g/mol. The molecule has 1 saturated carbocycles. The molecule has 1 fully saturated rings. The lowest BCUT2D eigenvalue weighted by Crippen LogP contribution is -2.45. The predicted molar refractivity (Wildman–Crippen MR) is 78.2 cm³/mol. The fourth-order valence-electron chi connectivity index (χ4n) is 2.78. The number of anilines is 2. The minimum Gasteiger partial charge on any atom is -0.365 e. The predicted octanol–water partition coefficient (Wildman–Crippen LogP) is 2.22. The van der Waals surface area contributed by atoms with Gasteiger partial charge in [0.2, 0.25) is 10.0 Å². The second-order valence-electron chi connectivity index (χ2n) is 5.30. The summed E-state index contributed by atoms with van der Waals surface area (Å²) in [5.41, 5.74) is 1.94. The van der Waals surface area contributed by atoms with Crippen molar-refractivity contribution in [1.82, 2.24) is 0 Å². The molecular formula is C14H20N2O2S. The van der Waals surface area contributed by atoms with Crippen molar-refractivity contribution in [3.8, 4) is 0 Å². The molecule has 0 amide bonds. The molecule has 1 heterocycles. The van der Waals surface area contributed by atoms with Crippen LogP contribution in [0.3, 0.4) is 0 Å². The van der Waals surface area contributed by atoms with Crippen LogP contribution in [0.4, 0.5) is 11.4 Å². The Morgan fingerprint density at radius 1 is 1.16 bits per heavy atom. The van der Waals surface area contributed by atoms with E-state index in [9.17, 15) is 8.42 Å². The molecule has 1 aromatic rings. The molecule has 104 valence electrons. The Balaban J connectivity index is 1.99. The summed E-state index contributed by atoms with van der Waals surface area (Å²) in [6.45, 7) is 3.30. The topological polar surface area (TPSA) is 40.6 Å². The van der Waals surface area contributed by atoms with Crippen molar-refractivity contribution in [3.05, 3.63) is 24.3 Å². The maximum absolute atomic E-state index is 12.3. The van der Waals surface area contributed by atoms with E-state index in [-0.39, 0.29) is 5.75 Å². The van der Waals surface area contributed by atoms with E-state index >= 15 is 0 Å². The monoisotopic (exact) mass is 280 g/mol. The Morgan fingerprint density at radius 2 is 1.84 bits per heavy atom. The van der Waals surface area contributed by atoms with Gasteiger partial charge in [-0.05, 0) is 31.4 Å². The summed E-state index contributed by atoms with van der Waals surface area (Å²) in [5.74, 6) is 0.227. The van der Waals surface area contributed by atoms with Gasteiger partial charge in [0.25, 0.3) is 0 Å². The third-order valence-corrected chi connectivity index (χ3v) is 5.76. The summed E-state index contributed by atoms with van der Waals surface area (Å²) >= 11 is 0. The Hall–Kier alpha value is -1.23. The SMILES string of the molecule is CCCS(=O)(=O)N1CCN(C2CC2)c2ccccc21. The van der Waals surface area contributed by atoms with E-state index in [2.05, 4.69) is 4.90 Å². The van der Waals surface area contributed by atoms with E-state index < -0.39 is 10.0 Å². The number of sulfonamides is 1. The smallest absolute Gasteiger partial charge is 0.235 e. The number of hydrogen-bond acceptors (Lipinski definition) is 3. The van der Waals surface area contributed by atoms with E-state index in [1.165, 1.54) is 12.8 Å². The number of hydrogen-bond donors (Lipinski definition) is 0. The van der Waals surface area contributed by atoms with Crippen LogP contribution in [-0.4, -0.2) is 33.3 Å². The van der Waals surface area contributed by atoms with Crippen molar-refractivity contribution in [2.45, 2.75) is 32.2 Å². The van der Waals surface area contributed by atoms with Gasteiger partial charge in [-0.2, -0.15) is 0 Å². The molecule has 0 aromatic heterocycles. The van der Waals surface area contributed by atoms with Crippen LogP contribution in [0.1, 0.15) is 26.2 Å². The first-order valence-corrected chi connectivity index (χ1v) is 8.60. The fraction of sp³-hybridized carbons (Fsp3) is 0.571. The van der Waals surface area contributed by atoms with Gasteiger partial charge in [0.05, 0.1) is 23.7 Å². The second kappa shape index (κ2) is 4.71. The summed E-state index contributed by atoms with van der Waals surface area (Å²) in [6.07, 6.45) is 3.12. The molecule has 0 spiro atoms. The van der Waals surface area contributed by atoms with Crippen molar-refractivity contribution < 1.29 is 8.42 Å². The molecule has 1 aliphatic heterocycles. The first-order chi connectivity index (χ1) is 9.13. The molecule has 5 heteroatoms. The van der Waals surface area contributed by atoms with Crippen LogP contribution in [0.15, 0.2) is 24.3 Å². The van der Waals surface area contributed by atoms with Gasteiger partial charge in [-0.25, -0.2) is 8.42 Å². The van der Waals surface area contributed by atoms with Crippen molar-refractivity contribution in [3.63, 3.8) is 0 Å².